The first kappa shape index (κ1) is 34.3. The van der Waals surface area contributed by atoms with Gasteiger partial charge in [-0.25, -0.2) is 13.1 Å². The topological polar surface area (TPSA) is 108 Å². The van der Waals surface area contributed by atoms with Gasteiger partial charge >= 0.3 is 0 Å². The molecule has 1 aliphatic carbocycles. The van der Waals surface area contributed by atoms with Crippen LogP contribution in [0.4, 0.5) is 11.4 Å². The van der Waals surface area contributed by atoms with Gasteiger partial charge in [0.2, 0.25) is 5.91 Å². The van der Waals surface area contributed by atoms with E-state index in [1.165, 1.54) is 6.07 Å². The van der Waals surface area contributed by atoms with Crippen molar-refractivity contribution in [3.63, 3.8) is 0 Å². The Morgan fingerprint density at radius 2 is 1.72 bits per heavy atom. The first-order chi connectivity index (χ1) is 22.5. The lowest BCUT2D eigenvalue weighted by molar-refractivity contribution is -0.120. The van der Waals surface area contributed by atoms with Gasteiger partial charge in [-0.15, -0.1) is 0 Å². The largest absolute Gasteiger partial charge is 0.473 e. The second kappa shape index (κ2) is 15.2. The molecule has 3 aromatic rings. The maximum absolute atomic E-state index is 13.9. The van der Waals surface area contributed by atoms with Crippen LogP contribution in [0.3, 0.4) is 0 Å². The molecular formula is C37H48N4O5S. The number of ether oxygens (including phenoxy) is 1. The van der Waals surface area contributed by atoms with Gasteiger partial charge in [0.05, 0.1) is 16.3 Å². The molecule has 1 fully saturated rings. The Balaban J connectivity index is 1.38. The monoisotopic (exact) mass is 660 g/mol. The molecule has 0 aromatic heterocycles. The highest BCUT2D eigenvalue weighted by Crippen LogP contribution is 2.36. The van der Waals surface area contributed by atoms with Crippen LogP contribution < -0.4 is 24.6 Å². The number of benzene rings is 3. The molecule has 2 aliphatic rings. The van der Waals surface area contributed by atoms with E-state index < -0.39 is 22.0 Å². The standard InChI is InChI=1S/C37H48N4O5S/c1-26(2)20-21-40(4)32-19-18-29(22-33(32)41-24-30-15-9-10-16-34(30)46-25-41)37(43)38-31(28-13-6-5-7-14-28)23-36(42)39-47(44,45)35-17-11-8-12-27(35)3/h8-12,15-19,22,26,28,31H,5-7,13-14,20-21,23-25H2,1-4H3,(H,38,43)(H,39,42). The van der Waals surface area contributed by atoms with Gasteiger partial charge in [0.1, 0.15) is 5.75 Å². The molecule has 0 saturated heterocycles. The molecule has 1 heterocycles. The van der Waals surface area contributed by atoms with Crippen molar-refractivity contribution < 1.29 is 22.7 Å². The van der Waals surface area contributed by atoms with Gasteiger partial charge in [0.25, 0.3) is 15.9 Å². The average molecular weight is 661 g/mol. The van der Waals surface area contributed by atoms with Gasteiger partial charge in [-0.2, -0.15) is 0 Å². The highest BCUT2D eigenvalue weighted by atomic mass is 32.2. The molecule has 2 N–H and O–H groups in total. The number of para-hydroxylation sites is 1. The van der Waals surface area contributed by atoms with Crippen LogP contribution in [0.15, 0.2) is 71.6 Å². The predicted octanol–water partition coefficient (Wildman–Crippen LogP) is 6.41. The van der Waals surface area contributed by atoms with E-state index in [1.807, 2.05) is 36.4 Å². The minimum atomic E-state index is -4.04. The quantitative estimate of drug-likeness (QED) is 0.231. The maximum atomic E-state index is 13.9. The third-order valence-electron chi connectivity index (χ3n) is 9.31. The van der Waals surface area contributed by atoms with Gasteiger partial charge in [-0.3, -0.25) is 9.59 Å². The van der Waals surface area contributed by atoms with Crippen LogP contribution in [0.1, 0.15) is 80.3 Å². The Hall–Kier alpha value is -4.05. The summed E-state index contributed by atoms with van der Waals surface area (Å²) in [6.45, 7) is 7.98. The van der Waals surface area contributed by atoms with Gasteiger partial charge in [0, 0.05) is 43.7 Å². The summed E-state index contributed by atoms with van der Waals surface area (Å²) < 4.78 is 34.5. The number of aryl methyl sites for hydroxylation is 1. The van der Waals surface area contributed by atoms with E-state index in [9.17, 15) is 18.0 Å². The van der Waals surface area contributed by atoms with E-state index in [0.717, 1.165) is 67.8 Å². The molecule has 2 amide bonds. The lowest BCUT2D eigenvalue weighted by atomic mass is 9.82. The molecule has 47 heavy (non-hydrogen) atoms. The molecule has 10 heteroatoms. The number of carbonyl (C=O) groups is 2. The smallest absolute Gasteiger partial charge is 0.264 e. The number of amides is 2. The number of nitrogens with zero attached hydrogens (tertiary/aromatic N) is 2. The van der Waals surface area contributed by atoms with Crippen molar-refractivity contribution in [1.29, 1.82) is 0 Å². The molecule has 0 radical (unpaired) electrons. The second-order valence-electron chi connectivity index (χ2n) is 13.4. The van der Waals surface area contributed by atoms with E-state index >= 15 is 0 Å². The summed E-state index contributed by atoms with van der Waals surface area (Å²) in [5.74, 6) is 0.580. The number of fused-ring (bicyclic) bond motifs is 1. The van der Waals surface area contributed by atoms with Crippen LogP contribution in [0.2, 0.25) is 0 Å². The van der Waals surface area contributed by atoms with Gasteiger partial charge < -0.3 is 19.9 Å². The summed E-state index contributed by atoms with van der Waals surface area (Å²) in [6.07, 6.45) is 5.79. The van der Waals surface area contributed by atoms with Crippen LogP contribution in [-0.2, 0) is 21.4 Å². The van der Waals surface area contributed by atoms with Gasteiger partial charge in [-0.05, 0) is 73.9 Å². The zero-order chi connectivity index (χ0) is 33.6. The van der Waals surface area contributed by atoms with Gasteiger partial charge in [-0.1, -0.05) is 69.5 Å². The average Bonchev–Trinajstić information content (AvgIpc) is 3.06. The number of anilines is 2. The predicted molar refractivity (Wildman–Crippen MR) is 186 cm³/mol. The number of rotatable bonds is 12. The van der Waals surface area contributed by atoms with Crippen LogP contribution in [-0.4, -0.2) is 46.6 Å². The fraction of sp³-hybridized carbons (Fsp3) is 0.459. The van der Waals surface area contributed by atoms with Crippen LogP contribution >= 0.6 is 0 Å². The Labute approximate surface area is 279 Å². The zero-order valence-corrected chi connectivity index (χ0v) is 28.8. The summed E-state index contributed by atoms with van der Waals surface area (Å²) >= 11 is 0. The van der Waals surface area contributed by atoms with Crippen molar-refractivity contribution in [3.8, 4) is 5.75 Å². The molecule has 0 bridgehead atoms. The Morgan fingerprint density at radius 3 is 2.47 bits per heavy atom. The summed E-state index contributed by atoms with van der Waals surface area (Å²) in [5.41, 5.74) is 4.02. The van der Waals surface area contributed by atoms with E-state index in [2.05, 4.69) is 46.8 Å². The fourth-order valence-corrected chi connectivity index (χ4v) is 7.81. The number of sulfonamides is 1. The van der Waals surface area contributed by atoms with E-state index in [4.69, 9.17) is 4.74 Å². The molecule has 1 atom stereocenters. The van der Waals surface area contributed by atoms with Crippen molar-refractivity contribution in [1.82, 2.24) is 10.0 Å². The summed E-state index contributed by atoms with van der Waals surface area (Å²) in [6, 6.07) is 19.8. The molecule has 1 aliphatic heterocycles. The SMILES string of the molecule is Cc1ccccc1S(=O)(=O)NC(=O)CC(NC(=O)c1ccc(N(C)CCC(C)C)c(N2COc3ccccc3C2)c1)C1CCCCC1. The van der Waals surface area contributed by atoms with Crippen molar-refractivity contribution in [2.75, 3.05) is 30.1 Å². The van der Waals surface area contributed by atoms with Crippen LogP contribution in [0.5, 0.6) is 5.75 Å². The molecule has 3 aromatic carbocycles. The molecule has 0 spiro atoms. The first-order valence-corrected chi connectivity index (χ1v) is 18.2. The molecular weight excluding hydrogens is 612 g/mol. The molecule has 1 saturated carbocycles. The Bertz CT molecular complexity index is 1670. The summed E-state index contributed by atoms with van der Waals surface area (Å²) in [5, 5.41) is 3.15. The van der Waals surface area contributed by atoms with Crippen LogP contribution in [0, 0.1) is 18.8 Å². The minimum Gasteiger partial charge on any atom is -0.473 e. The van der Waals surface area contributed by atoms with Crippen LogP contribution in [0.25, 0.3) is 0 Å². The van der Waals surface area contributed by atoms with E-state index in [1.54, 1.807) is 25.1 Å². The minimum absolute atomic E-state index is 0.0712. The number of hydrogen-bond donors (Lipinski definition) is 2. The van der Waals surface area contributed by atoms with E-state index in [0.29, 0.717) is 30.3 Å². The van der Waals surface area contributed by atoms with Crippen molar-refractivity contribution >= 4 is 33.2 Å². The third-order valence-corrected chi connectivity index (χ3v) is 10.8. The maximum Gasteiger partial charge on any atom is 0.264 e. The molecule has 1 unspecified atom stereocenters. The second-order valence-corrected chi connectivity index (χ2v) is 15.0. The number of nitrogens with one attached hydrogen (secondary N) is 2. The summed E-state index contributed by atoms with van der Waals surface area (Å²) in [7, 11) is -1.97. The molecule has 5 rings (SSSR count). The highest BCUT2D eigenvalue weighted by Gasteiger charge is 2.30. The Morgan fingerprint density at radius 1 is 1.00 bits per heavy atom. The van der Waals surface area contributed by atoms with Crippen molar-refractivity contribution in [2.24, 2.45) is 11.8 Å². The fourth-order valence-electron chi connectivity index (χ4n) is 6.57. The van der Waals surface area contributed by atoms with E-state index in [-0.39, 0.29) is 23.1 Å². The highest BCUT2D eigenvalue weighted by molar-refractivity contribution is 7.90. The molecule has 252 valence electrons. The van der Waals surface area contributed by atoms with Gasteiger partial charge in [0.15, 0.2) is 6.73 Å². The zero-order valence-electron chi connectivity index (χ0n) is 28.0. The lowest BCUT2D eigenvalue weighted by Crippen LogP contribution is -2.45. The number of hydrogen-bond acceptors (Lipinski definition) is 7. The molecule has 9 nitrogen and oxygen atoms in total. The normalized spacial score (nSPS) is 15.8. The van der Waals surface area contributed by atoms with Crippen molar-refractivity contribution in [3.05, 3.63) is 83.4 Å². The van der Waals surface area contributed by atoms with Crippen molar-refractivity contribution in [2.45, 2.75) is 83.2 Å². The Kier molecular flexibility index (Phi) is 11.1. The summed E-state index contributed by atoms with van der Waals surface area (Å²) in [4.78, 5) is 31.6. The third kappa shape index (κ3) is 8.66. The first-order valence-electron chi connectivity index (χ1n) is 16.7. The number of carbonyl (C=O) groups excluding carboxylic acids is 2. The lowest BCUT2D eigenvalue weighted by Gasteiger charge is -2.35.